The SMILES string of the molecule is O=S(=O)(O)C(I)(I)C(I)(I)C(I)(I)C(I)(I)C(I)(I)I. The van der Waals surface area contributed by atoms with E-state index in [4.69, 9.17) is 0 Å². The van der Waals surface area contributed by atoms with Crippen molar-refractivity contribution in [1.29, 1.82) is 0 Å². The van der Waals surface area contributed by atoms with Gasteiger partial charge >= 0.3 is 0 Å². The highest BCUT2D eigenvalue weighted by Crippen LogP contribution is 2.74. The van der Waals surface area contributed by atoms with E-state index < -0.39 is 13.7 Å². The molecule has 0 spiro atoms. The molecule has 0 bridgehead atoms. The van der Waals surface area contributed by atoms with Crippen LogP contribution in [0.5, 0.6) is 0 Å². The number of alkyl halides is 11. The van der Waals surface area contributed by atoms with E-state index in [9.17, 15) is 13.0 Å². The number of halogens is 11. The lowest BCUT2D eigenvalue weighted by Crippen LogP contribution is -2.60. The Balaban J connectivity index is 6.22. The van der Waals surface area contributed by atoms with E-state index in [1.54, 1.807) is 0 Å². The molecule has 0 saturated carbocycles. The van der Waals surface area contributed by atoms with Crippen LogP contribution in [0, 0.1) is 0 Å². The van der Waals surface area contributed by atoms with Gasteiger partial charge in [0.05, 0.1) is 0 Å². The second-order valence-corrected chi connectivity index (χ2v) is 38.5. The fourth-order valence-electron chi connectivity index (χ4n) is 0.720. The molecule has 0 aliphatic carbocycles. The monoisotopic (exact) mass is 1540 g/mol. The van der Waals surface area contributed by atoms with E-state index in [1.165, 1.54) is 0 Å². The highest BCUT2D eigenvalue weighted by molar-refractivity contribution is 14.3. The van der Waals surface area contributed by atoms with Gasteiger partial charge in [0.2, 0.25) is 0.760 Å². The van der Waals surface area contributed by atoms with Crippen LogP contribution in [0.15, 0.2) is 0 Å². The van der Waals surface area contributed by atoms with Crippen molar-refractivity contribution in [2.24, 2.45) is 0 Å². The molecule has 0 rings (SSSR count). The Morgan fingerprint density at radius 1 is 0.600 bits per heavy atom. The lowest BCUT2D eigenvalue weighted by atomic mass is 10.3. The zero-order chi connectivity index (χ0) is 17.0. The average Bonchev–Trinajstić information content (AvgIpc) is 2.12. The van der Waals surface area contributed by atoms with Crippen LogP contribution in [-0.2, 0) is 10.1 Å². The highest BCUT2D eigenvalue weighted by Gasteiger charge is 2.72. The van der Waals surface area contributed by atoms with Crippen LogP contribution in [0.2, 0.25) is 0 Å². The predicted molar refractivity (Wildman–Crippen MR) is 179 cm³/mol. The highest BCUT2D eigenvalue weighted by atomic mass is 127. The predicted octanol–water partition coefficient (Wildman–Crippen LogP) is 8.06. The fourth-order valence-corrected chi connectivity index (χ4v) is 15.7. The molecule has 15 heteroatoms. The van der Waals surface area contributed by atoms with Gasteiger partial charge in [-0.2, -0.15) is 8.42 Å². The van der Waals surface area contributed by atoms with Gasteiger partial charge in [-0.05, 0) is 45.2 Å². The molecule has 3 nitrogen and oxygen atoms in total. The van der Waals surface area contributed by atoms with Gasteiger partial charge in [-0.15, -0.1) is 0 Å². The van der Waals surface area contributed by atoms with Crippen molar-refractivity contribution in [1.82, 2.24) is 0 Å². The Hall–Kier alpha value is 7.94. The molecule has 0 heterocycles. The topological polar surface area (TPSA) is 54.4 Å². The smallest absolute Gasteiger partial charge is 0.284 e. The first-order valence-corrected chi connectivity index (χ1v) is 17.1. The van der Waals surface area contributed by atoms with Crippen LogP contribution >= 0.6 is 248 Å². The fraction of sp³-hybridized carbons (Fsp3) is 1.00. The number of hydrogen-bond donors (Lipinski definition) is 1. The molecule has 0 amide bonds. The largest absolute Gasteiger partial charge is 0.291 e. The molecule has 0 aliphatic heterocycles. The number of rotatable bonds is 5. The summed E-state index contributed by atoms with van der Waals surface area (Å²) in [5.74, 6) is 0. The van der Waals surface area contributed by atoms with Crippen molar-refractivity contribution in [3.05, 3.63) is 0 Å². The minimum absolute atomic E-state index is 0.145. The summed E-state index contributed by atoms with van der Waals surface area (Å²) in [6.07, 6.45) is 0. The lowest BCUT2D eigenvalue weighted by Gasteiger charge is -2.50. The molecule has 0 aromatic heterocycles. The summed E-state index contributed by atoms with van der Waals surface area (Å²) in [4.78, 5) is 0. The zero-order valence-corrected chi connectivity index (χ0v) is 32.9. The van der Waals surface area contributed by atoms with Crippen molar-refractivity contribution < 1.29 is 13.0 Å². The third kappa shape index (κ3) is 5.76. The maximum Gasteiger partial charge on any atom is 0.291 e. The summed E-state index contributed by atoms with van der Waals surface area (Å²) >= 11 is 24.4. The summed E-state index contributed by atoms with van der Waals surface area (Å²) in [6, 6.07) is 0. The van der Waals surface area contributed by atoms with Gasteiger partial charge < -0.3 is 0 Å². The molecule has 0 saturated heterocycles. The summed E-state index contributed by atoms with van der Waals surface area (Å²) in [6.45, 7) is 0. The van der Waals surface area contributed by atoms with Crippen molar-refractivity contribution >= 4 is 259 Å². The Morgan fingerprint density at radius 3 is 1.10 bits per heavy atom. The van der Waals surface area contributed by atoms with Crippen molar-refractivity contribution in [3.63, 3.8) is 0 Å². The second-order valence-electron chi connectivity index (χ2n) is 3.21. The number of hydrogen-bond acceptors (Lipinski definition) is 2. The molecule has 0 aromatic rings. The maximum absolute atomic E-state index is 11.8. The van der Waals surface area contributed by atoms with E-state index in [1.807, 2.05) is 45.2 Å². The van der Waals surface area contributed by atoms with Gasteiger partial charge in [0.1, 0.15) is 3.72 Å². The summed E-state index contributed by atoms with van der Waals surface area (Å²) in [5.41, 5.74) is 0. The van der Waals surface area contributed by atoms with Gasteiger partial charge in [-0.3, -0.25) is 4.55 Å². The maximum atomic E-state index is 11.8. The first-order valence-electron chi connectivity index (χ1n) is 3.80. The van der Waals surface area contributed by atoms with Gasteiger partial charge in [-0.1, -0.05) is 203 Å². The molecule has 0 fully saturated rings. The van der Waals surface area contributed by atoms with Gasteiger partial charge in [0.25, 0.3) is 10.1 Å². The van der Waals surface area contributed by atoms with E-state index in [0.717, 1.165) is 0 Å². The molecule has 0 unspecified atom stereocenters. The Bertz CT molecular complexity index is 475. The van der Waals surface area contributed by atoms with Crippen molar-refractivity contribution in [2.45, 2.75) is 4.48 Å². The Morgan fingerprint density at radius 2 is 0.900 bits per heavy atom. The van der Waals surface area contributed by atoms with E-state index in [2.05, 4.69) is 203 Å². The standard InChI is InChI=1S/C5HI11O3S/c6-1(7,2(8,9)4(12,13)14)3(10,11)5(15,16)20(17,18)19/h(H,17,18,19). The van der Waals surface area contributed by atoms with Crippen LogP contribution in [-0.4, -0.2) is 17.5 Å². The first kappa shape index (κ1) is 27.9. The third-order valence-electron chi connectivity index (χ3n) is 1.83. The zero-order valence-electron chi connectivity index (χ0n) is 8.33. The van der Waals surface area contributed by atoms with Crippen molar-refractivity contribution in [3.8, 4) is 0 Å². The van der Waals surface area contributed by atoms with Crippen molar-refractivity contribution in [2.75, 3.05) is 0 Å². The second kappa shape index (κ2) is 9.39. The molecule has 0 radical (unpaired) electrons. The molecule has 122 valence electrons. The van der Waals surface area contributed by atoms with Gasteiger partial charge in [-0.25, -0.2) is 0 Å². The van der Waals surface area contributed by atoms with Crippen LogP contribution in [0.1, 0.15) is 0 Å². The van der Waals surface area contributed by atoms with E-state index >= 15 is 0 Å². The normalized spacial score (nSPS) is 16.4. The summed E-state index contributed by atoms with van der Waals surface area (Å²) in [5, 5.41) is 0. The third-order valence-corrected chi connectivity index (χ3v) is 39.2. The molecular weight excluding hydrogens is 1540 g/mol. The Kier molecular flexibility index (Phi) is 13.1. The molecule has 0 aliphatic rings. The van der Waals surface area contributed by atoms with Gasteiger partial charge in [0.15, 0.2) is 0 Å². The van der Waals surface area contributed by atoms with Gasteiger partial charge in [0, 0.05) is 0 Å². The van der Waals surface area contributed by atoms with E-state index in [0.29, 0.717) is 0 Å². The molecule has 0 aromatic carbocycles. The lowest BCUT2D eigenvalue weighted by molar-refractivity contribution is 0.478. The molecule has 1 N–H and O–H groups in total. The average molecular weight is 1540 g/mol. The minimum Gasteiger partial charge on any atom is -0.284 e. The summed E-state index contributed by atoms with van der Waals surface area (Å²) in [7, 11) is -4.21. The quantitative estimate of drug-likeness (QED) is 0.173. The first-order chi connectivity index (χ1) is 8.25. The Labute approximate surface area is 268 Å². The summed E-state index contributed by atoms with van der Waals surface area (Å²) < 4.78 is 30.3. The van der Waals surface area contributed by atoms with Crippen LogP contribution in [0.25, 0.3) is 0 Å². The molecule has 0 atom stereocenters. The van der Waals surface area contributed by atoms with Crippen LogP contribution < -0.4 is 0 Å². The van der Waals surface area contributed by atoms with E-state index in [-0.39, 0.29) is 0.864 Å². The molecular formula is C5HI11O3S. The van der Waals surface area contributed by atoms with Crippen LogP contribution in [0.4, 0.5) is 0 Å². The van der Waals surface area contributed by atoms with Crippen LogP contribution in [0.3, 0.4) is 0 Å². The minimum atomic E-state index is -4.21. The molecule has 20 heavy (non-hydrogen) atoms.